The quantitative estimate of drug-likeness (QED) is 0.386. The number of carbonyl (C=O) groups excluding carboxylic acids is 1. The van der Waals surface area contributed by atoms with Crippen LogP contribution in [-0.2, 0) is 9.53 Å². The maximum atomic E-state index is 11.7. The van der Waals surface area contributed by atoms with Gasteiger partial charge >= 0.3 is 5.97 Å². The van der Waals surface area contributed by atoms with Gasteiger partial charge in [-0.2, -0.15) is 0 Å². The summed E-state index contributed by atoms with van der Waals surface area (Å²) in [4.78, 5) is 21.7. The van der Waals surface area contributed by atoms with Gasteiger partial charge < -0.3 is 19.9 Å². The summed E-state index contributed by atoms with van der Waals surface area (Å²) in [6, 6.07) is 5.75. The van der Waals surface area contributed by atoms with Crippen molar-refractivity contribution in [2.45, 2.75) is 32.4 Å². The van der Waals surface area contributed by atoms with Gasteiger partial charge in [-0.25, -0.2) is 0 Å². The van der Waals surface area contributed by atoms with Crippen molar-refractivity contribution in [3.63, 3.8) is 0 Å². The number of nitrogens with one attached hydrogen (secondary N) is 2. The standard InChI is InChI=1S/C18H21IN4O2S/c1-10-14(15(19)11(2)21-10)17-16(12-6-4-5-8-20-12)22-18(26)23(17)9-7-13(24)25-3/h4-6,8,16-17,21H,7,9H2,1-3H3,(H,22,26)/t16-,17-/m1/s1. The molecule has 3 heterocycles. The number of thiocarbonyl (C=S) groups is 1. The van der Waals surface area contributed by atoms with E-state index in [0.29, 0.717) is 11.7 Å². The summed E-state index contributed by atoms with van der Waals surface area (Å²) in [5.74, 6) is -0.246. The number of methoxy groups -OCH3 is 1. The molecule has 6 nitrogen and oxygen atoms in total. The maximum absolute atomic E-state index is 11.7. The van der Waals surface area contributed by atoms with E-state index in [2.05, 4.69) is 56.6 Å². The van der Waals surface area contributed by atoms with Gasteiger partial charge in [0.1, 0.15) is 0 Å². The number of halogens is 1. The SMILES string of the molecule is COC(=O)CCN1C(=S)N[C@H](c2ccccn2)[C@H]1c1c(C)[nH]c(C)c1I. The lowest BCUT2D eigenvalue weighted by molar-refractivity contribution is -0.140. The van der Waals surface area contributed by atoms with E-state index in [4.69, 9.17) is 17.0 Å². The third kappa shape index (κ3) is 3.57. The minimum absolute atomic E-state index is 0.0427. The van der Waals surface area contributed by atoms with Crippen molar-refractivity contribution >= 4 is 45.9 Å². The molecule has 3 rings (SSSR count). The topological polar surface area (TPSA) is 70.2 Å². The fourth-order valence-corrected chi connectivity index (χ4v) is 4.59. The molecule has 0 aliphatic carbocycles. The largest absolute Gasteiger partial charge is 0.469 e. The molecule has 2 aromatic heterocycles. The lowest BCUT2D eigenvalue weighted by Gasteiger charge is -2.28. The predicted octanol–water partition coefficient (Wildman–Crippen LogP) is 3.17. The van der Waals surface area contributed by atoms with Crippen molar-refractivity contribution in [2.24, 2.45) is 0 Å². The molecule has 0 bridgehead atoms. The van der Waals surface area contributed by atoms with E-state index in [1.54, 1.807) is 6.20 Å². The molecular weight excluding hydrogens is 463 g/mol. The molecule has 26 heavy (non-hydrogen) atoms. The van der Waals surface area contributed by atoms with Crippen molar-refractivity contribution in [2.75, 3.05) is 13.7 Å². The minimum Gasteiger partial charge on any atom is -0.469 e. The first kappa shape index (κ1) is 19.1. The van der Waals surface area contributed by atoms with Gasteiger partial charge in [0.25, 0.3) is 0 Å². The normalized spacial score (nSPS) is 19.5. The first-order valence-corrected chi connectivity index (χ1v) is 9.82. The summed E-state index contributed by atoms with van der Waals surface area (Å²) < 4.78 is 5.98. The van der Waals surface area contributed by atoms with Crippen LogP contribution in [0.2, 0.25) is 0 Å². The van der Waals surface area contributed by atoms with Gasteiger partial charge in [0.2, 0.25) is 0 Å². The minimum atomic E-state index is -0.246. The molecule has 138 valence electrons. The Morgan fingerprint density at radius 3 is 2.73 bits per heavy atom. The predicted molar refractivity (Wildman–Crippen MR) is 112 cm³/mol. The van der Waals surface area contributed by atoms with E-state index >= 15 is 0 Å². The molecule has 2 aromatic rings. The van der Waals surface area contributed by atoms with Gasteiger partial charge in [-0.1, -0.05) is 6.07 Å². The molecule has 1 fully saturated rings. The molecule has 0 saturated carbocycles. The summed E-state index contributed by atoms with van der Waals surface area (Å²) in [6.45, 7) is 4.62. The number of nitrogens with zero attached hydrogens (tertiary/aromatic N) is 2. The molecule has 0 radical (unpaired) electrons. The Morgan fingerprint density at radius 1 is 1.38 bits per heavy atom. The van der Waals surface area contributed by atoms with Crippen LogP contribution in [-0.4, -0.2) is 39.6 Å². The Kier molecular flexibility index (Phi) is 5.81. The van der Waals surface area contributed by atoms with E-state index in [1.165, 1.54) is 16.2 Å². The third-order valence-corrected chi connectivity index (χ3v) is 6.37. The highest BCUT2D eigenvalue weighted by Gasteiger charge is 2.42. The number of carbonyl (C=O) groups is 1. The second-order valence-corrected chi connectivity index (χ2v) is 7.71. The van der Waals surface area contributed by atoms with E-state index in [9.17, 15) is 4.79 Å². The zero-order valence-electron chi connectivity index (χ0n) is 14.9. The van der Waals surface area contributed by atoms with E-state index < -0.39 is 0 Å². The van der Waals surface area contributed by atoms with Crippen LogP contribution in [0.25, 0.3) is 0 Å². The number of pyridine rings is 1. The molecule has 2 N–H and O–H groups in total. The summed E-state index contributed by atoms with van der Waals surface area (Å²) in [7, 11) is 1.40. The number of hydrogen-bond donors (Lipinski definition) is 2. The number of esters is 1. The van der Waals surface area contributed by atoms with Gasteiger partial charge in [0.15, 0.2) is 5.11 Å². The van der Waals surface area contributed by atoms with Crippen LogP contribution in [0.15, 0.2) is 24.4 Å². The van der Waals surface area contributed by atoms with Crippen LogP contribution < -0.4 is 5.32 Å². The Morgan fingerprint density at radius 2 is 2.15 bits per heavy atom. The second kappa shape index (κ2) is 7.91. The Bertz CT molecular complexity index is 824. The lowest BCUT2D eigenvalue weighted by Crippen LogP contribution is -2.32. The number of aromatic nitrogens is 2. The van der Waals surface area contributed by atoms with Crippen molar-refractivity contribution in [3.8, 4) is 0 Å². The van der Waals surface area contributed by atoms with Gasteiger partial charge in [-0.3, -0.25) is 9.78 Å². The van der Waals surface area contributed by atoms with Crippen LogP contribution in [0.3, 0.4) is 0 Å². The molecule has 1 aliphatic rings. The zero-order chi connectivity index (χ0) is 18.8. The third-order valence-electron chi connectivity index (χ3n) is 4.62. The smallest absolute Gasteiger partial charge is 0.307 e. The monoisotopic (exact) mass is 484 g/mol. The fourth-order valence-electron chi connectivity index (χ4n) is 3.40. The lowest BCUT2D eigenvalue weighted by atomic mass is 9.96. The van der Waals surface area contributed by atoms with Crippen molar-refractivity contribution in [1.29, 1.82) is 0 Å². The molecular formula is C18H21IN4O2S. The molecule has 1 saturated heterocycles. The summed E-state index contributed by atoms with van der Waals surface area (Å²) >= 11 is 7.97. The Hall–Kier alpha value is -1.68. The van der Waals surface area contributed by atoms with Crippen molar-refractivity contribution in [1.82, 2.24) is 20.2 Å². The molecule has 0 amide bonds. The zero-order valence-corrected chi connectivity index (χ0v) is 17.8. The first-order valence-electron chi connectivity index (χ1n) is 8.33. The van der Waals surface area contributed by atoms with Crippen LogP contribution in [0, 0.1) is 17.4 Å². The van der Waals surface area contributed by atoms with Gasteiger partial charge in [-0.05, 0) is 60.8 Å². The van der Waals surface area contributed by atoms with E-state index in [0.717, 1.165) is 17.1 Å². The molecule has 0 unspecified atom stereocenters. The van der Waals surface area contributed by atoms with E-state index in [1.807, 2.05) is 18.2 Å². The second-order valence-electron chi connectivity index (χ2n) is 6.25. The molecule has 2 atom stereocenters. The van der Waals surface area contributed by atoms with Crippen LogP contribution in [0.5, 0.6) is 0 Å². The Balaban J connectivity index is 2.03. The average molecular weight is 484 g/mol. The number of ether oxygens (including phenoxy) is 1. The summed E-state index contributed by atoms with van der Waals surface area (Å²) in [5, 5.41) is 4.03. The number of aryl methyl sites for hydroxylation is 2. The molecule has 1 aliphatic heterocycles. The van der Waals surface area contributed by atoms with Gasteiger partial charge in [0.05, 0.1) is 31.3 Å². The van der Waals surface area contributed by atoms with Crippen LogP contribution in [0.4, 0.5) is 0 Å². The number of hydrogen-bond acceptors (Lipinski definition) is 4. The maximum Gasteiger partial charge on any atom is 0.307 e. The summed E-state index contributed by atoms with van der Waals surface area (Å²) in [6.07, 6.45) is 2.07. The van der Waals surface area contributed by atoms with E-state index in [-0.39, 0.29) is 24.5 Å². The van der Waals surface area contributed by atoms with Gasteiger partial charge in [-0.15, -0.1) is 0 Å². The highest BCUT2D eigenvalue weighted by molar-refractivity contribution is 14.1. The number of H-pyrrole nitrogens is 1. The highest BCUT2D eigenvalue weighted by Crippen LogP contribution is 2.42. The summed E-state index contributed by atoms with van der Waals surface area (Å²) in [5.41, 5.74) is 4.35. The van der Waals surface area contributed by atoms with Crippen molar-refractivity contribution in [3.05, 3.63) is 50.6 Å². The first-order chi connectivity index (χ1) is 12.4. The Labute approximate surface area is 171 Å². The highest BCUT2D eigenvalue weighted by atomic mass is 127. The molecule has 8 heteroatoms. The van der Waals surface area contributed by atoms with Gasteiger partial charge in [0, 0.05) is 33.3 Å². The van der Waals surface area contributed by atoms with Crippen LogP contribution in [0.1, 0.15) is 41.1 Å². The molecule has 0 spiro atoms. The van der Waals surface area contributed by atoms with Crippen LogP contribution >= 0.6 is 34.8 Å². The van der Waals surface area contributed by atoms with Crippen molar-refractivity contribution < 1.29 is 9.53 Å². The number of rotatable bonds is 5. The average Bonchev–Trinajstić information content (AvgIpc) is 3.09. The molecule has 0 aromatic carbocycles. The fraction of sp³-hybridized carbons (Fsp3) is 0.389. The number of aromatic amines is 1.